The van der Waals surface area contributed by atoms with Crippen LogP contribution in [0.15, 0.2) is 6.20 Å². The molecule has 1 aliphatic rings. The number of likely N-dealkylation sites (tertiary alicyclic amines) is 1. The summed E-state index contributed by atoms with van der Waals surface area (Å²) in [4.78, 5) is 24.8. The number of piperidine rings is 1. The third-order valence-corrected chi connectivity index (χ3v) is 3.60. The van der Waals surface area contributed by atoms with Gasteiger partial charge in [-0.2, -0.15) is 0 Å². The summed E-state index contributed by atoms with van der Waals surface area (Å²) in [6, 6.07) is -0.157. The number of nitrogens with zero attached hydrogens (tertiary/aromatic N) is 4. The van der Waals surface area contributed by atoms with Gasteiger partial charge >= 0.3 is 5.97 Å². The minimum atomic E-state index is -0.844. The molecule has 1 aromatic heterocycles. The quantitative estimate of drug-likeness (QED) is 0.853. The first-order chi connectivity index (χ1) is 9.56. The predicted octanol–water partition coefficient (Wildman–Crippen LogP) is 0.604. The second-order valence-electron chi connectivity index (χ2n) is 5.22. The number of carbonyl (C=O) groups excluding carboxylic acids is 1. The predicted molar refractivity (Wildman–Crippen MR) is 70.9 cm³/mol. The van der Waals surface area contributed by atoms with Gasteiger partial charge < -0.3 is 10.0 Å². The van der Waals surface area contributed by atoms with Gasteiger partial charge in [0.1, 0.15) is 0 Å². The molecule has 0 radical (unpaired) electrons. The highest BCUT2D eigenvalue weighted by molar-refractivity contribution is 5.78. The van der Waals surface area contributed by atoms with Gasteiger partial charge in [-0.05, 0) is 19.3 Å². The SMILES string of the molecule is Cn1cc(CCC(=O)N2CCCCC2CC(=O)O)nn1. The topological polar surface area (TPSA) is 88.3 Å². The summed E-state index contributed by atoms with van der Waals surface area (Å²) >= 11 is 0. The normalized spacial score (nSPS) is 19.1. The molecule has 1 N–H and O–H groups in total. The van der Waals surface area contributed by atoms with Crippen molar-refractivity contribution in [3.63, 3.8) is 0 Å². The molecule has 1 aliphatic heterocycles. The Hall–Kier alpha value is -1.92. The fourth-order valence-corrected chi connectivity index (χ4v) is 2.63. The lowest BCUT2D eigenvalue weighted by Gasteiger charge is -2.35. The Morgan fingerprint density at radius 1 is 1.45 bits per heavy atom. The smallest absolute Gasteiger partial charge is 0.305 e. The fraction of sp³-hybridized carbons (Fsp3) is 0.692. The monoisotopic (exact) mass is 280 g/mol. The zero-order chi connectivity index (χ0) is 14.5. The molecule has 1 saturated heterocycles. The van der Waals surface area contributed by atoms with Gasteiger partial charge in [-0.3, -0.25) is 14.3 Å². The van der Waals surface area contributed by atoms with Gasteiger partial charge in [0, 0.05) is 38.7 Å². The van der Waals surface area contributed by atoms with Crippen molar-refractivity contribution in [1.29, 1.82) is 0 Å². The number of carboxylic acids is 1. The summed E-state index contributed by atoms with van der Waals surface area (Å²) in [6.07, 6.45) is 5.45. The highest BCUT2D eigenvalue weighted by Gasteiger charge is 2.28. The maximum Gasteiger partial charge on any atom is 0.305 e. The summed E-state index contributed by atoms with van der Waals surface area (Å²) in [6.45, 7) is 0.664. The molecule has 1 aromatic rings. The first-order valence-electron chi connectivity index (χ1n) is 6.92. The van der Waals surface area contributed by atoms with Crippen LogP contribution in [0.1, 0.15) is 37.8 Å². The van der Waals surface area contributed by atoms with E-state index in [2.05, 4.69) is 10.3 Å². The maximum atomic E-state index is 12.2. The van der Waals surface area contributed by atoms with Crippen molar-refractivity contribution < 1.29 is 14.7 Å². The van der Waals surface area contributed by atoms with Crippen LogP contribution in [0.25, 0.3) is 0 Å². The summed E-state index contributed by atoms with van der Waals surface area (Å²) < 4.78 is 1.61. The minimum Gasteiger partial charge on any atom is -0.481 e. The van der Waals surface area contributed by atoms with Crippen molar-refractivity contribution in [1.82, 2.24) is 19.9 Å². The summed E-state index contributed by atoms with van der Waals surface area (Å²) in [7, 11) is 1.78. The van der Waals surface area contributed by atoms with E-state index in [0.717, 1.165) is 25.0 Å². The van der Waals surface area contributed by atoms with Gasteiger partial charge in [0.15, 0.2) is 0 Å². The average Bonchev–Trinajstić information content (AvgIpc) is 2.82. The summed E-state index contributed by atoms with van der Waals surface area (Å²) in [5.74, 6) is -0.828. The minimum absolute atomic E-state index is 0.0154. The molecule has 0 aliphatic carbocycles. The second kappa shape index (κ2) is 6.49. The van der Waals surface area contributed by atoms with Crippen LogP contribution < -0.4 is 0 Å². The van der Waals surface area contributed by atoms with E-state index in [1.54, 1.807) is 22.8 Å². The lowest BCUT2D eigenvalue weighted by Crippen LogP contribution is -2.44. The molecule has 0 aromatic carbocycles. The second-order valence-corrected chi connectivity index (χ2v) is 5.22. The molecular weight excluding hydrogens is 260 g/mol. The van der Waals surface area contributed by atoms with Crippen molar-refractivity contribution >= 4 is 11.9 Å². The molecule has 1 unspecified atom stereocenters. The molecule has 110 valence electrons. The van der Waals surface area contributed by atoms with E-state index in [-0.39, 0.29) is 18.4 Å². The number of aliphatic carboxylic acids is 1. The Balaban J connectivity index is 1.90. The number of rotatable bonds is 5. The molecule has 0 saturated carbocycles. The Kier molecular flexibility index (Phi) is 4.70. The molecule has 2 rings (SSSR count). The molecule has 2 heterocycles. The number of aryl methyl sites for hydroxylation is 2. The van der Waals surface area contributed by atoms with E-state index in [1.807, 2.05) is 0 Å². The van der Waals surface area contributed by atoms with Crippen LogP contribution in [0.5, 0.6) is 0 Å². The zero-order valence-electron chi connectivity index (χ0n) is 11.7. The van der Waals surface area contributed by atoms with E-state index in [4.69, 9.17) is 5.11 Å². The molecule has 1 amide bonds. The maximum absolute atomic E-state index is 12.2. The van der Waals surface area contributed by atoms with Gasteiger partial charge in [0.05, 0.1) is 12.1 Å². The van der Waals surface area contributed by atoms with Crippen molar-refractivity contribution in [3.05, 3.63) is 11.9 Å². The van der Waals surface area contributed by atoms with Gasteiger partial charge in [0.2, 0.25) is 5.91 Å². The molecule has 0 spiro atoms. The van der Waals surface area contributed by atoms with E-state index in [9.17, 15) is 9.59 Å². The first kappa shape index (κ1) is 14.5. The van der Waals surface area contributed by atoms with Crippen LogP contribution in [0.3, 0.4) is 0 Å². The van der Waals surface area contributed by atoms with Gasteiger partial charge in [0.25, 0.3) is 0 Å². The highest BCUT2D eigenvalue weighted by Crippen LogP contribution is 2.21. The molecule has 1 atom stereocenters. The van der Waals surface area contributed by atoms with Crippen LogP contribution >= 0.6 is 0 Å². The van der Waals surface area contributed by atoms with Crippen LogP contribution in [-0.2, 0) is 23.1 Å². The lowest BCUT2D eigenvalue weighted by molar-refractivity contribution is -0.141. The van der Waals surface area contributed by atoms with E-state index in [0.29, 0.717) is 19.4 Å². The molecular formula is C13H20N4O3. The number of aromatic nitrogens is 3. The Bertz CT molecular complexity index is 486. The molecule has 0 bridgehead atoms. The van der Waals surface area contributed by atoms with E-state index < -0.39 is 5.97 Å². The fourth-order valence-electron chi connectivity index (χ4n) is 2.63. The standard InChI is InChI=1S/C13H20N4O3/c1-16-9-10(14-15-16)5-6-12(18)17-7-3-2-4-11(17)8-13(19)20/h9,11H,2-8H2,1H3,(H,19,20). The third kappa shape index (κ3) is 3.79. The van der Waals surface area contributed by atoms with Gasteiger partial charge in [-0.15, -0.1) is 5.10 Å². The van der Waals surface area contributed by atoms with Crippen molar-refractivity contribution in [2.75, 3.05) is 6.54 Å². The van der Waals surface area contributed by atoms with E-state index in [1.165, 1.54) is 0 Å². The highest BCUT2D eigenvalue weighted by atomic mass is 16.4. The number of hydrogen-bond donors (Lipinski definition) is 1. The number of hydrogen-bond acceptors (Lipinski definition) is 4. The van der Waals surface area contributed by atoms with Gasteiger partial charge in [-0.1, -0.05) is 5.21 Å². The van der Waals surface area contributed by atoms with Crippen LogP contribution in [-0.4, -0.2) is 49.5 Å². The molecule has 1 fully saturated rings. The van der Waals surface area contributed by atoms with Gasteiger partial charge in [-0.25, -0.2) is 0 Å². The van der Waals surface area contributed by atoms with E-state index >= 15 is 0 Å². The number of amides is 1. The Morgan fingerprint density at radius 2 is 2.25 bits per heavy atom. The lowest BCUT2D eigenvalue weighted by atomic mass is 9.98. The molecule has 7 nitrogen and oxygen atoms in total. The van der Waals surface area contributed by atoms with Crippen molar-refractivity contribution in [2.45, 2.75) is 44.6 Å². The van der Waals surface area contributed by atoms with Crippen molar-refractivity contribution in [3.8, 4) is 0 Å². The van der Waals surface area contributed by atoms with Crippen molar-refractivity contribution in [2.24, 2.45) is 7.05 Å². The van der Waals surface area contributed by atoms with Crippen LogP contribution in [0.2, 0.25) is 0 Å². The molecule has 20 heavy (non-hydrogen) atoms. The Labute approximate surface area is 117 Å². The summed E-state index contributed by atoms with van der Waals surface area (Å²) in [5.41, 5.74) is 0.785. The van der Waals surface area contributed by atoms with Crippen LogP contribution in [0.4, 0.5) is 0 Å². The largest absolute Gasteiger partial charge is 0.481 e. The van der Waals surface area contributed by atoms with Crippen LogP contribution in [0, 0.1) is 0 Å². The number of carboxylic acid groups (broad SMARTS) is 1. The third-order valence-electron chi connectivity index (χ3n) is 3.60. The molecule has 7 heteroatoms. The Morgan fingerprint density at radius 3 is 2.90 bits per heavy atom. The average molecular weight is 280 g/mol. The summed E-state index contributed by atoms with van der Waals surface area (Å²) in [5, 5.41) is 16.7. The number of carbonyl (C=O) groups is 2. The first-order valence-corrected chi connectivity index (χ1v) is 6.92. The zero-order valence-corrected chi connectivity index (χ0v) is 11.7.